The third-order valence-corrected chi connectivity index (χ3v) is 2.54. The zero-order chi connectivity index (χ0) is 8.97. The van der Waals surface area contributed by atoms with Gasteiger partial charge < -0.3 is 5.32 Å². The molecule has 0 unspecified atom stereocenters. The predicted molar refractivity (Wildman–Crippen MR) is 55.5 cm³/mol. The summed E-state index contributed by atoms with van der Waals surface area (Å²) in [7, 11) is 0. The molecule has 5 heteroatoms. The topological polar surface area (TPSA) is 37.8 Å². The molecule has 12 heavy (non-hydrogen) atoms. The van der Waals surface area contributed by atoms with E-state index in [9.17, 15) is 0 Å². The second-order valence-corrected chi connectivity index (χ2v) is 4.75. The van der Waals surface area contributed by atoms with Gasteiger partial charge in [0.05, 0.1) is 0 Å². The number of rotatable bonds is 4. The Hall–Kier alpha value is -0.420. The minimum Gasteiger partial charge on any atom is -0.360 e. The van der Waals surface area contributed by atoms with Crippen molar-refractivity contribution >= 4 is 32.4 Å². The number of nitrogens with one attached hydrogen (secondary N) is 1. The summed E-state index contributed by atoms with van der Waals surface area (Å²) in [5, 5.41) is 11.7. The number of aromatic nitrogens is 2. The zero-order valence-corrected chi connectivity index (χ0v) is 9.20. The molecule has 0 saturated carbocycles. The first kappa shape index (κ1) is 9.67. The number of nitrogens with zero attached hydrogens (tertiary/aromatic N) is 2. The van der Waals surface area contributed by atoms with Gasteiger partial charge in [-0.15, -0.1) is 16.8 Å². The highest BCUT2D eigenvalue weighted by molar-refractivity contribution is 9.11. The molecule has 1 N–H and O–H groups in total. The van der Waals surface area contributed by atoms with Crippen LogP contribution in [0.5, 0.6) is 0 Å². The van der Waals surface area contributed by atoms with E-state index in [4.69, 9.17) is 0 Å². The summed E-state index contributed by atoms with van der Waals surface area (Å²) in [4.78, 5) is 0. The molecule has 0 bridgehead atoms. The molecule has 1 aromatic rings. The first-order valence-electron chi connectivity index (χ1n) is 3.56. The van der Waals surface area contributed by atoms with E-state index in [1.54, 1.807) is 0 Å². The Bertz CT molecular complexity index is 271. The maximum Gasteiger partial charge on any atom is 0.206 e. The lowest BCUT2D eigenvalue weighted by Gasteiger charge is -1.99. The summed E-state index contributed by atoms with van der Waals surface area (Å²) in [6, 6.07) is 0. The highest BCUT2D eigenvalue weighted by Crippen LogP contribution is 2.19. The number of hydrogen-bond donors (Lipinski definition) is 1. The van der Waals surface area contributed by atoms with Gasteiger partial charge in [0.15, 0.2) is 3.92 Å². The van der Waals surface area contributed by atoms with E-state index in [0.717, 1.165) is 22.0 Å². The molecule has 0 amide bonds. The molecule has 1 heterocycles. The Kier molecular flexibility index (Phi) is 3.68. The fraction of sp³-hybridized carbons (Fsp3) is 0.429. The minimum absolute atomic E-state index is 0.806. The van der Waals surface area contributed by atoms with Gasteiger partial charge in [0.1, 0.15) is 0 Å². The third kappa shape index (κ3) is 3.32. The quantitative estimate of drug-likeness (QED) is 0.832. The normalized spacial score (nSPS) is 9.83. The fourth-order valence-corrected chi connectivity index (χ4v) is 1.70. The van der Waals surface area contributed by atoms with Crippen LogP contribution >= 0.6 is 27.3 Å². The van der Waals surface area contributed by atoms with E-state index in [-0.39, 0.29) is 0 Å². The van der Waals surface area contributed by atoms with Crippen molar-refractivity contribution in [1.82, 2.24) is 10.2 Å². The van der Waals surface area contributed by atoms with Crippen LogP contribution < -0.4 is 5.32 Å². The van der Waals surface area contributed by atoms with Crippen molar-refractivity contribution in [1.29, 1.82) is 0 Å². The predicted octanol–water partition coefficient (Wildman–Crippen LogP) is 2.68. The molecule has 3 nitrogen and oxygen atoms in total. The van der Waals surface area contributed by atoms with Crippen molar-refractivity contribution in [2.24, 2.45) is 0 Å². The van der Waals surface area contributed by atoms with Gasteiger partial charge in [0, 0.05) is 6.54 Å². The first-order valence-corrected chi connectivity index (χ1v) is 5.16. The standard InChI is InChI=1S/C7H10BrN3S/c1-5(2)3-4-9-7-11-10-6(8)12-7/h1,3-4H2,2H3,(H,9,11). The Labute approximate surface area is 84.0 Å². The average Bonchev–Trinajstić information content (AvgIpc) is 2.35. The van der Waals surface area contributed by atoms with Crippen molar-refractivity contribution in [3.8, 4) is 0 Å². The number of anilines is 1. The van der Waals surface area contributed by atoms with Crippen LogP contribution in [0.2, 0.25) is 0 Å². The van der Waals surface area contributed by atoms with Gasteiger partial charge in [0.25, 0.3) is 0 Å². The SMILES string of the molecule is C=C(C)CCNc1nnc(Br)s1. The van der Waals surface area contributed by atoms with Crippen molar-refractivity contribution in [2.45, 2.75) is 13.3 Å². The molecular weight excluding hydrogens is 238 g/mol. The van der Waals surface area contributed by atoms with Crippen molar-refractivity contribution < 1.29 is 0 Å². The lowest BCUT2D eigenvalue weighted by atomic mass is 10.2. The van der Waals surface area contributed by atoms with E-state index in [2.05, 4.69) is 38.0 Å². The summed E-state index contributed by atoms with van der Waals surface area (Å²) in [5.74, 6) is 0. The van der Waals surface area contributed by atoms with Gasteiger partial charge in [-0.2, -0.15) is 0 Å². The molecule has 1 aromatic heterocycles. The molecule has 0 aliphatic heterocycles. The molecule has 66 valence electrons. The van der Waals surface area contributed by atoms with Crippen LogP contribution in [0, 0.1) is 0 Å². The lowest BCUT2D eigenvalue weighted by Crippen LogP contribution is -2.00. The molecule has 0 spiro atoms. The smallest absolute Gasteiger partial charge is 0.206 e. The van der Waals surface area contributed by atoms with E-state index in [0.29, 0.717) is 0 Å². The van der Waals surface area contributed by atoms with Crippen LogP contribution in [0.3, 0.4) is 0 Å². The highest BCUT2D eigenvalue weighted by atomic mass is 79.9. The Morgan fingerprint density at radius 2 is 2.42 bits per heavy atom. The van der Waals surface area contributed by atoms with E-state index in [1.807, 2.05) is 6.92 Å². The largest absolute Gasteiger partial charge is 0.360 e. The molecule has 0 saturated heterocycles. The van der Waals surface area contributed by atoms with Gasteiger partial charge in [-0.3, -0.25) is 0 Å². The van der Waals surface area contributed by atoms with Gasteiger partial charge in [0.2, 0.25) is 5.13 Å². The van der Waals surface area contributed by atoms with Crippen LogP contribution in [0.1, 0.15) is 13.3 Å². The molecule has 0 aliphatic rings. The number of halogens is 1. The van der Waals surface area contributed by atoms with Crippen molar-refractivity contribution in [3.05, 3.63) is 16.1 Å². The minimum atomic E-state index is 0.806. The van der Waals surface area contributed by atoms with Gasteiger partial charge in [-0.05, 0) is 29.3 Å². The Balaban J connectivity index is 2.29. The monoisotopic (exact) mass is 247 g/mol. The van der Waals surface area contributed by atoms with Crippen molar-refractivity contribution in [2.75, 3.05) is 11.9 Å². The van der Waals surface area contributed by atoms with Crippen LogP contribution in [0.4, 0.5) is 5.13 Å². The van der Waals surface area contributed by atoms with Crippen LogP contribution in [0.25, 0.3) is 0 Å². The second kappa shape index (κ2) is 4.57. The van der Waals surface area contributed by atoms with E-state index in [1.165, 1.54) is 16.9 Å². The molecule has 1 rings (SSSR count). The van der Waals surface area contributed by atoms with Gasteiger partial charge >= 0.3 is 0 Å². The lowest BCUT2D eigenvalue weighted by molar-refractivity contribution is 0.979. The Morgan fingerprint density at radius 3 is 2.92 bits per heavy atom. The van der Waals surface area contributed by atoms with Crippen LogP contribution in [0.15, 0.2) is 16.1 Å². The maximum absolute atomic E-state index is 3.89. The first-order chi connectivity index (χ1) is 5.68. The number of hydrogen-bond acceptors (Lipinski definition) is 4. The maximum atomic E-state index is 3.89. The zero-order valence-electron chi connectivity index (χ0n) is 6.80. The molecule has 0 aliphatic carbocycles. The third-order valence-electron chi connectivity index (χ3n) is 1.23. The summed E-state index contributed by atoms with van der Waals surface area (Å²) in [6.07, 6.45) is 0.969. The van der Waals surface area contributed by atoms with E-state index >= 15 is 0 Å². The van der Waals surface area contributed by atoms with E-state index < -0.39 is 0 Å². The van der Waals surface area contributed by atoms with Gasteiger partial charge in [-0.25, -0.2) is 0 Å². The summed E-state index contributed by atoms with van der Waals surface area (Å²) >= 11 is 4.73. The van der Waals surface area contributed by atoms with Crippen LogP contribution in [-0.2, 0) is 0 Å². The van der Waals surface area contributed by atoms with Gasteiger partial charge in [-0.1, -0.05) is 16.9 Å². The molecule has 0 radical (unpaired) electrons. The molecule has 0 atom stereocenters. The molecular formula is C7H10BrN3S. The summed E-state index contributed by atoms with van der Waals surface area (Å²) in [6.45, 7) is 6.69. The Morgan fingerprint density at radius 1 is 1.67 bits per heavy atom. The fourth-order valence-electron chi connectivity index (χ4n) is 0.660. The van der Waals surface area contributed by atoms with Crippen LogP contribution in [-0.4, -0.2) is 16.7 Å². The molecule has 0 aromatic carbocycles. The summed E-state index contributed by atoms with van der Waals surface area (Å²) in [5.41, 5.74) is 1.17. The highest BCUT2D eigenvalue weighted by Gasteiger charge is 1.98. The average molecular weight is 248 g/mol. The van der Waals surface area contributed by atoms with Crippen molar-refractivity contribution in [3.63, 3.8) is 0 Å². The molecule has 0 fully saturated rings. The summed E-state index contributed by atoms with van der Waals surface area (Å²) < 4.78 is 0.806. The second-order valence-electron chi connectivity index (χ2n) is 2.49.